The van der Waals surface area contributed by atoms with E-state index in [9.17, 15) is 19.2 Å². The molecule has 2 N–H and O–H groups in total. The quantitative estimate of drug-likeness (QED) is 0.340. The smallest absolute Gasteiger partial charge is 0.407 e. The third kappa shape index (κ3) is 7.04. The summed E-state index contributed by atoms with van der Waals surface area (Å²) in [6.07, 6.45) is 0.943. The average Bonchev–Trinajstić information content (AvgIpc) is 2.98. The SMILES string of the molecule is C=CCOC(=O)NCCCC1C(=O)N(C(C)c2ccccc2)CC2N1C(=O)CN(C)N2C(=O)NCc1ccccc1. The number of piperazine rings is 1. The topological polar surface area (TPSA) is 115 Å². The van der Waals surface area contributed by atoms with E-state index in [-0.39, 0.29) is 50.1 Å². The molecule has 2 aromatic rings. The Kier molecular flexibility index (Phi) is 9.96. The Morgan fingerprint density at radius 1 is 1.07 bits per heavy atom. The van der Waals surface area contributed by atoms with Crippen LogP contribution in [0.5, 0.6) is 0 Å². The summed E-state index contributed by atoms with van der Waals surface area (Å²) in [6, 6.07) is 17.8. The van der Waals surface area contributed by atoms with Crippen molar-refractivity contribution < 1.29 is 23.9 Å². The van der Waals surface area contributed by atoms with Crippen molar-refractivity contribution >= 4 is 23.9 Å². The summed E-state index contributed by atoms with van der Waals surface area (Å²) < 4.78 is 4.95. The minimum absolute atomic E-state index is 0.0423. The number of nitrogens with zero attached hydrogens (tertiary/aromatic N) is 4. The van der Waals surface area contributed by atoms with E-state index in [4.69, 9.17) is 4.74 Å². The molecule has 3 unspecified atom stereocenters. The predicted octanol–water partition coefficient (Wildman–Crippen LogP) is 2.88. The zero-order valence-corrected chi connectivity index (χ0v) is 23.6. The lowest BCUT2D eigenvalue weighted by Gasteiger charge is -2.55. The van der Waals surface area contributed by atoms with E-state index in [0.717, 1.165) is 11.1 Å². The number of carbonyl (C=O) groups is 4. The van der Waals surface area contributed by atoms with E-state index < -0.39 is 18.3 Å². The Morgan fingerprint density at radius 2 is 1.76 bits per heavy atom. The van der Waals surface area contributed by atoms with Crippen LogP contribution < -0.4 is 10.6 Å². The molecule has 2 fully saturated rings. The first-order chi connectivity index (χ1) is 19.8. The molecule has 2 aliphatic rings. The van der Waals surface area contributed by atoms with Crippen molar-refractivity contribution in [3.8, 4) is 0 Å². The van der Waals surface area contributed by atoms with Gasteiger partial charge in [0.25, 0.3) is 0 Å². The van der Waals surface area contributed by atoms with Gasteiger partial charge in [0, 0.05) is 20.1 Å². The van der Waals surface area contributed by atoms with Gasteiger partial charge in [-0.2, -0.15) is 0 Å². The van der Waals surface area contributed by atoms with E-state index >= 15 is 0 Å². The second-order valence-corrected chi connectivity index (χ2v) is 10.1. The molecule has 2 heterocycles. The van der Waals surface area contributed by atoms with Gasteiger partial charge in [-0.05, 0) is 30.9 Å². The number of carbonyl (C=O) groups excluding carboxylic acids is 4. The van der Waals surface area contributed by atoms with Crippen molar-refractivity contribution in [3.63, 3.8) is 0 Å². The molecule has 41 heavy (non-hydrogen) atoms. The Morgan fingerprint density at radius 3 is 2.44 bits per heavy atom. The van der Waals surface area contributed by atoms with Gasteiger partial charge in [-0.15, -0.1) is 0 Å². The summed E-state index contributed by atoms with van der Waals surface area (Å²) >= 11 is 0. The van der Waals surface area contributed by atoms with Crippen LogP contribution in [0.1, 0.15) is 36.9 Å². The van der Waals surface area contributed by atoms with E-state index in [1.165, 1.54) is 6.08 Å². The number of alkyl carbamates (subject to hydrolysis) is 1. The molecule has 218 valence electrons. The summed E-state index contributed by atoms with van der Waals surface area (Å²) in [6.45, 7) is 6.27. The van der Waals surface area contributed by atoms with Gasteiger partial charge >= 0.3 is 12.1 Å². The van der Waals surface area contributed by atoms with Crippen LogP contribution in [-0.4, -0.2) is 89.3 Å². The maximum atomic E-state index is 14.0. The molecule has 0 bridgehead atoms. The number of hydrogen-bond acceptors (Lipinski definition) is 6. The number of amides is 5. The highest BCUT2D eigenvalue weighted by Crippen LogP contribution is 2.32. The maximum Gasteiger partial charge on any atom is 0.407 e. The van der Waals surface area contributed by atoms with Gasteiger partial charge in [0.2, 0.25) is 11.8 Å². The number of hydrazine groups is 1. The van der Waals surface area contributed by atoms with E-state index in [1.54, 1.807) is 26.9 Å². The van der Waals surface area contributed by atoms with Gasteiger partial charge in [-0.25, -0.2) is 19.6 Å². The summed E-state index contributed by atoms with van der Waals surface area (Å²) in [5.41, 5.74) is 1.90. The van der Waals surface area contributed by atoms with Crippen LogP contribution in [0.3, 0.4) is 0 Å². The lowest BCUT2D eigenvalue weighted by atomic mass is 9.98. The molecule has 0 spiro atoms. The monoisotopic (exact) mass is 562 g/mol. The Hall–Kier alpha value is -4.38. The molecule has 11 nitrogen and oxygen atoms in total. The molecule has 5 amide bonds. The van der Waals surface area contributed by atoms with Gasteiger partial charge in [-0.3, -0.25) is 9.59 Å². The minimum Gasteiger partial charge on any atom is -0.445 e. The van der Waals surface area contributed by atoms with Gasteiger partial charge in [-0.1, -0.05) is 73.3 Å². The molecule has 2 aromatic carbocycles. The van der Waals surface area contributed by atoms with Gasteiger partial charge < -0.3 is 25.2 Å². The van der Waals surface area contributed by atoms with Crippen molar-refractivity contribution in [2.75, 3.05) is 33.3 Å². The molecule has 2 aliphatic heterocycles. The van der Waals surface area contributed by atoms with Crippen LogP contribution in [0.4, 0.5) is 9.59 Å². The van der Waals surface area contributed by atoms with Crippen LogP contribution >= 0.6 is 0 Å². The van der Waals surface area contributed by atoms with Crippen LogP contribution in [0.15, 0.2) is 73.3 Å². The van der Waals surface area contributed by atoms with Crippen molar-refractivity contribution in [2.24, 2.45) is 0 Å². The Bertz CT molecular complexity index is 1230. The maximum absolute atomic E-state index is 14.0. The summed E-state index contributed by atoms with van der Waals surface area (Å²) in [5, 5.41) is 8.78. The standard InChI is InChI=1S/C30H38N6O5/c1-4-18-41-30(40)31-17-11-16-25-28(38)34(22(2)24-14-9-6-10-15-24)20-26-35(25)27(37)21-33(3)36(26)29(39)32-19-23-12-7-5-8-13-23/h4-10,12-15,22,25-26H,1,11,16-21H2,2-3H3,(H,31,40)(H,32,39). The number of fused-ring (bicyclic) bond motifs is 1. The molecule has 0 radical (unpaired) electrons. The number of benzene rings is 2. The van der Waals surface area contributed by atoms with Gasteiger partial charge in [0.15, 0.2) is 0 Å². The molecular formula is C30H38N6O5. The van der Waals surface area contributed by atoms with Crippen LogP contribution in [0.25, 0.3) is 0 Å². The fraction of sp³-hybridized carbons (Fsp3) is 0.400. The van der Waals surface area contributed by atoms with E-state index in [0.29, 0.717) is 19.4 Å². The van der Waals surface area contributed by atoms with Crippen molar-refractivity contribution in [1.29, 1.82) is 0 Å². The fourth-order valence-corrected chi connectivity index (χ4v) is 5.33. The summed E-state index contributed by atoms with van der Waals surface area (Å²) in [5.74, 6) is -0.414. The molecule has 0 saturated carbocycles. The predicted molar refractivity (Wildman–Crippen MR) is 153 cm³/mol. The van der Waals surface area contributed by atoms with Crippen molar-refractivity contribution in [3.05, 3.63) is 84.4 Å². The minimum atomic E-state index is -0.795. The van der Waals surface area contributed by atoms with Gasteiger partial charge in [0.05, 0.1) is 19.1 Å². The highest BCUT2D eigenvalue weighted by molar-refractivity contribution is 5.91. The second kappa shape index (κ2) is 13.8. The second-order valence-electron chi connectivity index (χ2n) is 10.1. The first kappa shape index (κ1) is 29.6. The van der Waals surface area contributed by atoms with E-state index in [1.807, 2.05) is 67.6 Å². The molecule has 4 rings (SSSR count). The lowest BCUT2D eigenvalue weighted by Crippen LogP contribution is -2.76. The number of urea groups is 1. The summed E-state index contributed by atoms with van der Waals surface area (Å²) in [7, 11) is 1.70. The highest BCUT2D eigenvalue weighted by Gasteiger charge is 2.51. The third-order valence-electron chi connectivity index (χ3n) is 7.39. The van der Waals surface area contributed by atoms with Crippen molar-refractivity contribution in [1.82, 2.24) is 30.5 Å². The molecular weight excluding hydrogens is 524 g/mol. The Labute approximate surface area is 240 Å². The highest BCUT2D eigenvalue weighted by atomic mass is 16.5. The van der Waals surface area contributed by atoms with Crippen molar-refractivity contribution in [2.45, 2.75) is 44.6 Å². The zero-order chi connectivity index (χ0) is 29.4. The average molecular weight is 563 g/mol. The largest absolute Gasteiger partial charge is 0.445 e. The third-order valence-corrected chi connectivity index (χ3v) is 7.39. The molecule has 2 saturated heterocycles. The fourth-order valence-electron chi connectivity index (χ4n) is 5.33. The molecule has 0 aromatic heterocycles. The molecule has 0 aliphatic carbocycles. The molecule has 11 heteroatoms. The first-order valence-corrected chi connectivity index (χ1v) is 13.8. The number of likely N-dealkylation sites (N-methyl/N-ethyl adjacent to an activating group) is 1. The first-order valence-electron chi connectivity index (χ1n) is 13.8. The molecule has 3 atom stereocenters. The normalized spacial score (nSPS) is 19.8. The number of hydrogen-bond donors (Lipinski definition) is 2. The summed E-state index contributed by atoms with van der Waals surface area (Å²) in [4.78, 5) is 56.1. The van der Waals surface area contributed by atoms with Crippen LogP contribution in [0.2, 0.25) is 0 Å². The zero-order valence-electron chi connectivity index (χ0n) is 23.6. The van der Waals surface area contributed by atoms with Gasteiger partial charge in [0.1, 0.15) is 18.8 Å². The number of rotatable bonds is 10. The lowest BCUT2D eigenvalue weighted by molar-refractivity contribution is -0.189. The Balaban J connectivity index is 1.56. The van der Waals surface area contributed by atoms with E-state index in [2.05, 4.69) is 17.2 Å². The van der Waals surface area contributed by atoms with Crippen LogP contribution in [0, 0.1) is 0 Å². The van der Waals surface area contributed by atoms with Crippen LogP contribution in [-0.2, 0) is 20.9 Å². The number of nitrogens with one attached hydrogen (secondary N) is 2. The number of ether oxygens (including phenoxy) is 1.